The molecule has 0 unspecified atom stereocenters. The van der Waals surface area contributed by atoms with Crippen molar-refractivity contribution in [3.63, 3.8) is 0 Å². The van der Waals surface area contributed by atoms with E-state index in [1.807, 2.05) is 58.9 Å². The molecule has 0 aliphatic carbocycles. The molecule has 0 amide bonds. The molecule has 1 heterocycles. The summed E-state index contributed by atoms with van der Waals surface area (Å²) < 4.78 is 33.3. The fourth-order valence-corrected chi connectivity index (χ4v) is 2.88. The van der Waals surface area contributed by atoms with Crippen LogP contribution in [0.2, 0.25) is 0 Å². The summed E-state index contributed by atoms with van der Waals surface area (Å²) in [5.74, 6) is 0. The van der Waals surface area contributed by atoms with E-state index in [0.29, 0.717) is 25.2 Å². The van der Waals surface area contributed by atoms with Gasteiger partial charge in [0.1, 0.15) is 5.73 Å². The van der Waals surface area contributed by atoms with Crippen LogP contribution in [-0.2, 0) is 14.0 Å². The van der Waals surface area contributed by atoms with Crippen LogP contribution in [0.3, 0.4) is 0 Å². The van der Waals surface area contributed by atoms with Gasteiger partial charge in [-0.3, -0.25) is 0 Å². The van der Waals surface area contributed by atoms with E-state index >= 15 is 4.39 Å². The van der Waals surface area contributed by atoms with Crippen molar-refractivity contribution in [2.75, 3.05) is 13.2 Å². The average Bonchev–Trinajstić information content (AvgIpc) is 2.71. The highest BCUT2D eigenvalue weighted by Crippen LogP contribution is 2.40. The summed E-state index contributed by atoms with van der Waals surface area (Å²) in [5, 5.41) is 0. The molecule has 1 saturated heterocycles. The van der Waals surface area contributed by atoms with Crippen LogP contribution in [0, 0.1) is 0 Å². The van der Waals surface area contributed by atoms with Crippen LogP contribution >= 0.6 is 15.9 Å². The molecule has 3 nitrogen and oxygen atoms in total. The molecule has 132 valence electrons. The second-order valence-electron chi connectivity index (χ2n) is 6.87. The SMILES string of the molecule is CCOCCC(=C(F)B1OC(C)(C)C(C)(C)O1)c1cccc(Br)c1. The molecule has 1 aliphatic rings. The van der Waals surface area contributed by atoms with Gasteiger partial charge in [-0.15, -0.1) is 0 Å². The Morgan fingerprint density at radius 1 is 1.21 bits per heavy atom. The van der Waals surface area contributed by atoms with Crippen molar-refractivity contribution in [3.05, 3.63) is 40.0 Å². The summed E-state index contributed by atoms with van der Waals surface area (Å²) in [5.41, 5.74) is -0.166. The molecule has 0 radical (unpaired) electrons. The molecular weight excluding hydrogens is 374 g/mol. The number of halogens is 2. The van der Waals surface area contributed by atoms with Gasteiger partial charge in [0, 0.05) is 11.1 Å². The van der Waals surface area contributed by atoms with E-state index in [0.717, 1.165) is 10.0 Å². The van der Waals surface area contributed by atoms with Crippen molar-refractivity contribution >= 4 is 28.6 Å². The first-order chi connectivity index (χ1) is 11.2. The maximum atomic E-state index is 15.3. The first-order valence-corrected chi connectivity index (χ1v) is 9.05. The van der Waals surface area contributed by atoms with Gasteiger partial charge in [0.25, 0.3) is 0 Å². The van der Waals surface area contributed by atoms with E-state index < -0.39 is 18.3 Å². The molecule has 0 spiro atoms. The van der Waals surface area contributed by atoms with Crippen LogP contribution in [0.4, 0.5) is 4.39 Å². The predicted octanol–water partition coefficient (Wildman–Crippen LogP) is 5.19. The van der Waals surface area contributed by atoms with Crippen molar-refractivity contribution in [1.82, 2.24) is 0 Å². The molecule has 1 aromatic carbocycles. The summed E-state index contributed by atoms with van der Waals surface area (Å²) in [4.78, 5) is 0. The Hall–Kier alpha value is -0.685. The fraction of sp³-hybridized carbons (Fsp3) is 0.556. The Morgan fingerprint density at radius 3 is 2.38 bits per heavy atom. The summed E-state index contributed by atoms with van der Waals surface area (Å²) >= 11 is 3.44. The molecule has 2 rings (SSSR count). The van der Waals surface area contributed by atoms with E-state index in [9.17, 15) is 0 Å². The number of rotatable bonds is 6. The number of benzene rings is 1. The molecule has 6 heteroatoms. The van der Waals surface area contributed by atoms with Crippen molar-refractivity contribution in [1.29, 1.82) is 0 Å². The van der Waals surface area contributed by atoms with Gasteiger partial charge in [0.05, 0.1) is 17.8 Å². The highest BCUT2D eigenvalue weighted by Gasteiger charge is 2.53. The molecule has 1 aromatic rings. The maximum Gasteiger partial charge on any atom is 0.525 e. The molecule has 1 fully saturated rings. The number of hydrogen-bond donors (Lipinski definition) is 0. The third kappa shape index (κ3) is 4.28. The molecule has 0 bridgehead atoms. The molecular formula is C18H25BBrFO3. The zero-order chi connectivity index (χ0) is 18.0. The molecule has 0 N–H and O–H groups in total. The quantitative estimate of drug-likeness (QED) is 0.487. The lowest BCUT2D eigenvalue weighted by atomic mass is 9.82. The second kappa shape index (κ2) is 7.69. The molecule has 0 atom stereocenters. The van der Waals surface area contributed by atoms with E-state index in [-0.39, 0.29) is 5.73 Å². The number of ether oxygens (including phenoxy) is 1. The van der Waals surface area contributed by atoms with Gasteiger partial charge >= 0.3 is 7.12 Å². The number of hydrogen-bond acceptors (Lipinski definition) is 3. The van der Waals surface area contributed by atoms with Gasteiger partial charge in [-0.1, -0.05) is 28.1 Å². The van der Waals surface area contributed by atoms with Gasteiger partial charge in [0.15, 0.2) is 0 Å². The monoisotopic (exact) mass is 398 g/mol. The lowest BCUT2D eigenvalue weighted by Crippen LogP contribution is -2.41. The van der Waals surface area contributed by atoms with Gasteiger partial charge in [-0.05, 0) is 64.3 Å². The summed E-state index contributed by atoms with van der Waals surface area (Å²) in [6, 6.07) is 7.58. The predicted molar refractivity (Wildman–Crippen MR) is 99.4 cm³/mol. The lowest BCUT2D eigenvalue weighted by Gasteiger charge is -2.32. The first kappa shape index (κ1) is 19.6. The Bertz CT molecular complexity index is 600. The van der Waals surface area contributed by atoms with Crippen LogP contribution in [0.1, 0.15) is 46.6 Å². The highest BCUT2D eigenvalue weighted by atomic mass is 79.9. The third-order valence-corrected chi connectivity index (χ3v) is 5.12. The third-order valence-electron chi connectivity index (χ3n) is 4.62. The first-order valence-electron chi connectivity index (χ1n) is 8.26. The van der Waals surface area contributed by atoms with Gasteiger partial charge < -0.3 is 14.0 Å². The van der Waals surface area contributed by atoms with E-state index in [1.165, 1.54) is 0 Å². The molecule has 0 aromatic heterocycles. The minimum absolute atomic E-state index is 0.383. The molecule has 0 saturated carbocycles. The van der Waals surface area contributed by atoms with E-state index in [2.05, 4.69) is 15.9 Å². The summed E-state index contributed by atoms with van der Waals surface area (Å²) in [7, 11) is -0.995. The van der Waals surface area contributed by atoms with Crippen molar-refractivity contribution in [3.8, 4) is 0 Å². The van der Waals surface area contributed by atoms with Crippen LogP contribution in [0.5, 0.6) is 0 Å². The Kier molecular flexibility index (Phi) is 6.29. The van der Waals surface area contributed by atoms with Crippen molar-refractivity contribution < 1.29 is 18.4 Å². The largest absolute Gasteiger partial charge is 0.525 e. The standard InChI is InChI=1S/C18H25BBrFO3/c1-6-22-11-10-15(13-8-7-9-14(20)12-13)16(21)19-23-17(2,3)18(4,5)24-19/h7-9,12H,6,10-11H2,1-5H3. The average molecular weight is 399 g/mol. The molecule has 1 aliphatic heterocycles. The van der Waals surface area contributed by atoms with Crippen LogP contribution in [0.15, 0.2) is 34.5 Å². The zero-order valence-corrected chi connectivity index (χ0v) is 16.6. The lowest BCUT2D eigenvalue weighted by molar-refractivity contribution is 0.00578. The van der Waals surface area contributed by atoms with E-state index in [4.69, 9.17) is 14.0 Å². The maximum absolute atomic E-state index is 15.3. The Balaban J connectivity index is 2.36. The minimum atomic E-state index is -0.995. The minimum Gasteiger partial charge on any atom is -0.398 e. The van der Waals surface area contributed by atoms with Crippen molar-refractivity contribution in [2.24, 2.45) is 0 Å². The second-order valence-corrected chi connectivity index (χ2v) is 7.79. The Labute approximate surface area is 152 Å². The van der Waals surface area contributed by atoms with Gasteiger partial charge in [-0.2, -0.15) is 0 Å². The highest BCUT2D eigenvalue weighted by molar-refractivity contribution is 9.10. The van der Waals surface area contributed by atoms with Crippen LogP contribution in [-0.4, -0.2) is 31.5 Å². The zero-order valence-electron chi connectivity index (χ0n) is 15.0. The smallest absolute Gasteiger partial charge is 0.398 e. The molecule has 24 heavy (non-hydrogen) atoms. The van der Waals surface area contributed by atoms with Crippen LogP contribution in [0.25, 0.3) is 5.57 Å². The van der Waals surface area contributed by atoms with Gasteiger partial charge in [0.2, 0.25) is 0 Å². The van der Waals surface area contributed by atoms with Crippen LogP contribution < -0.4 is 0 Å². The topological polar surface area (TPSA) is 27.7 Å². The van der Waals surface area contributed by atoms with E-state index in [1.54, 1.807) is 0 Å². The summed E-state index contributed by atoms with van der Waals surface area (Å²) in [6.45, 7) is 10.6. The summed E-state index contributed by atoms with van der Waals surface area (Å²) in [6.07, 6.45) is 0.459. The fourth-order valence-electron chi connectivity index (χ4n) is 2.49. The Morgan fingerprint density at radius 2 is 1.83 bits per heavy atom. The normalized spacial score (nSPS) is 20.2. The van der Waals surface area contributed by atoms with Gasteiger partial charge in [-0.25, -0.2) is 4.39 Å². The van der Waals surface area contributed by atoms with Crippen molar-refractivity contribution in [2.45, 2.75) is 52.2 Å².